The zero-order chi connectivity index (χ0) is 16.8. The molecule has 1 N–H and O–H groups in total. The molecule has 1 aromatic carbocycles. The highest BCUT2D eigenvalue weighted by Crippen LogP contribution is 2.23. The summed E-state index contributed by atoms with van der Waals surface area (Å²) in [5.41, 5.74) is 2.20. The number of amides is 1. The average Bonchev–Trinajstić information content (AvgIpc) is 3.25. The minimum absolute atomic E-state index is 0.113. The number of carbonyl (C=O) groups is 1. The topological polar surface area (TPSA) is 47.6 Å². The van der Waals surface area contributed by atoms with Crippen molar-refractivity contribution >= 4 is 5.91 Å². The molecule has 1 amide bonds. The van der Waals surface area contributed by atoms with Crippen LogP contribution in [0, 0.1) is 18.8 Å². The average molecular weight is 329 g/mol. The van der Waals surface area contributed by atoms with E-state index >= 15 is 0 Å². The number of hydrogen-bond donors (Lipinski definition) is 1. The summed E-state index contributed by atoms with van der Waals surface area (Å²) in [6.07, 6.45) is 8.15. The van der Waals surface area contributed by atoms with E-state index in [4.69, 9.17) is 9.47 Å². The lowest BCUT2D eigenvalue weighted by Crippen LogP contribution is -2.25. The van der Waals surface area contributed by atoms with Crippen LogP contribution in [0.15, 0.2) is 30.4 Å². The smallest absolute Gasteiger partial charge is 0.220 e. The Morgan fingerprint density at radius 2 is 2.29 bits per heavy atom. The van der Waals surface area contributed by atoms with Gasteiger partial charge in [0, 0.05) is 31.1 Å². The summed E-state index contributed by atoms with van der Waals surface area (Å²) in [5, 5.41) is 3.04. The first-order valence-electron chi connectivity index (χ1n) is 8.94. The minimum Gasteiger partial charge on any atom is -0.493 e. The maximum absolute atomic E-state index is 12.1. The van der Waals surface area contributed by atoms with E-state index in [-0.39, 0.29) is 5.91 Å². The Kier molecular flexibility index (Phi) is 5.91. The van der Waals surface area contributed by atoms with Crippen LogP contribution in [0.2, 0.25) is 0 Å². The standard InChI is InChI=1S/C20H27NO3/c1-15-6-7-18(12-21-20(22)11-16-4-2-3-5-16)19(10-15)24-14-17-8-9-23-13-17/h2,4,6-7,10,16-17H,3,5,8-9,11-14H2,1H3,(H,21,22)/t16-,17-/m1/s1. The van der Waals surface area contributed by atoms with Gasteiger partial charge in [-0.1, -0.05) is 24.3 Å². The molecule has 1 aliphatic heterocycles. The number of hydrogen-bond acceptors (Lipinski definition) is 3. The molecule has 0 spiro atoms. The summed E-state index contributed by atoms with van der Waals surface area (Å²) in [6, 6.07) is 6.16. The Morgan fingerprint density at radius 3 is 3.04 bits per heavy atom. The molecule has 130 valence electrons. The maximum Gasteiger partial charge on any atom is 0.220 e. The van der Waals surface area contributed by atoms with Gasteiger partial charge in [-0.15, -0.1) is 0 Å². The van der Waals surface area contributed by atoms with Gasteiger partial charge in [-0.3, -0.25) is 4.79 Å². The van der Waals surface area contributed by atoms with Crippen molar-refractivity contribution in [3.63, 3.8) is 0 Å². The first-order valence-corrected chi connectivity index (χ1v) is 8.94. The molecule has 3 rings (SSSR count). The molecule has 0 saturated carbocycles. The third-order valence-corrected chi connectivity index (χ3v) is 4.76. The molecule has 24 heavy (non-hydrogen) atoms. The molecule has 1 aliphatic carbocycles. The number of aryl methyl sites for hydroxylation is 1. The predicted octanol–water partition coefficient (Wildman–Crippen LogP) is 3.38. The summed E-state index contributed by atoms with van der Waals surface area (Å²) >= 11 is 0. The largest absolute Gasteiger partial charge is 0.493 e. The highest BCUT2D eigenvalue weighted by molar-refractivity contribution is 5.76. The quantitative estimate of drug-likeness (QED) is 0.780. The molecule has 4 heteroatoms. The van der Waals surface area contributed by atoms with Gasteiger partial charge in [0.05, 0.1) is 13.2 Å². The lowest BCUT2D eigenvalue weighted by atomic mass is 10.0. The number of benzene rings is 1. The van der Waals surface area contributed by atoms with Crippen molar-refractivity contribution in [3.05, 3.63) is 41.5 Å². The van der Waals surface area contributed by atoms with Crippen LogP contribution >= 0.6 is 0 Å². The molecule has 0 bridgehead atoms. The monoisotopic (exact) mass is 329 g/mol. The fraction of sp³-hybridized carbons (Fsp3) is 0.550. The summed E-state index contributed by atoms with van der Waals surface area (Å²) in [6.45, 7) is 4.87. The van der Waals surface area contributed by atoms with E-state index in [0.717, 1.165) is 43.8 Å². The van der Waals surface area contributed by atoms with Crippen LogP contribution in [-0.4, -0.2) is 25.7 Å². The van der Waals surface area contributed by atoms with Crippen molar-refractivity contribution in [1.82, 2.24) is 5.32 Å². The van der Waals surface area contributed by atoms with Crippen molar-refractivity contribution in [1.29, 1.82) is 0 Å². The Labute approximate surface area is 144 Å². The predicted molar refractivity (Wildman–Crippen MR) is 93.9 cm³/mol. The van der Waals surface area contributed by atoms with E-state index in [0.29, 0.717) is 31.4 Å². The summed E-state index contributed by atoms with van der Waals surface area (Å²) in [5.74, 6) is 1.87. The lowest BCUT2D eigenvalue weighted by molar-refractivity contribution is -0.121. The number of rotatable bonds is 7. The van der Waals surface area contributed by atoms with Crippen LogP contribution < -0.4 is 10.1 Å². The van der Waals surface area contributed by atoms with Crippen molar-refractivity contribution < 1.29 is 14.3 Å². The third-order valence-electron chi connectivity index (χ3n) is 4.76. The van der Waals surface area contributed by atoms with Crippen LogP contribution in [-0.2, 0) is 16.1 Å². The number of carbonyl (C=O) groups excluding carboxylic acids is 1. The molecular formula is C20H27NO3. The highest BCUT2D eigenvalue weighted by atomic mass is 16.5. The van der Waals surface area contributed by atoms with Gasteiger partial charge < -0.3 is 14.8 Å². The molecule has 2 aliphatic rings. The second kappa shape index (κ2) is 8.34. The van der Waals surface area contributed by atoms with Gasteiger partial charge in [-0.25, -0.2) is 0 Å². The van der Waals surface area contributed by atoms with Crippen molar-refractivity contribution in [2.24, 2.45) is 11.8 Å². The van der Waals surface area contributed by atoms with Gasteiger partial charge in [0.2, 0.25) is 5.91 Å². The Hall–Kier alpha value is -1.81. The summed E-state index contributed by atoms with van der Waals surface area (Å²) in [4.78, 5) is 12.1. The van der Waals surface area contributed by atoms with E-state index < -0.39 is 0 Å². The van der Waals surface area contributed by atoms with E-state index in [1.54, 1.807) is 0 Å². The van der Waals surface area contributed by atoms with Gasteiger partial charge in [-0.2, -0.15) is 0 Å². The second-order valence-electron chi connectivity index (χ2n) is 6.90. The Bertz CT molecular complexity index is 591. The molecule has 1 heterocycles. The van der Waals surface area contributed by atoms with Crippen LogP contribution in [0.4, 0.5) is 0 Å². The molecule has 0 aromatic heterocycles. The van der Waals surface area contributed by atoms with Crippen molar-refractivity contribution in [3.8, 4) is 5.75 Å². The summed E-state index contributed by atoms with van der Waals surface area (Å²) < 4.78 is 11.4. The first-order chi connectivity index (χ1) is 11.7. The zero-order valence-corrected chi connectivity index (χ0v) is 14.4. The second-order valence-corrected chi connectivity index (χ2v) is 6.90. The van der Waals surface area contributed by atoms with Crippen molar-refractivity contribution in [2.75, 3.05) is 19.8 Å². The van der Waals surface area contributed by atoms with E-state index in [1.807, 2.05) is 6.07 Å². The minimum atomic E-state index is 0.113. The molecule has 1 aromatic rings. The van der Waals surface area contributed by atoms with Crippen LogP contribution in [0.3, 0.4) is 0 Å². The fourth-order valence-corrected chi connectivity index (χ4v) is 3.23. The molecule has 0 unspecified atom stereocenters. The first kappa shape index (κ1) is 17.0. The van der Waals surface area contributed by atoms with Gasteiger partial charge in [0.1, 0.15) is 5.75 Å². The Morgan fingerprint density at radius 1 is 1.38 bits per heavy atom. The molecule has 2 atom stereocenters. The van der Waals surface area contributed by atoms with E-state index in [1.165, 1.54) is 5.56 Å². The Balaban J connectivity index is 1.53. The normalized spacial score (nSPS) is 22.7. The molecule has 1 saturated heterocycles. The lowest BCUT2D eigenvalue weighted by Gasteiger charge is -2.16. The van der Waals surface area contributed by atoms with Crippen LogP contribution in [0.5, 0.6) is 5.75 Å². The van der Waals surface area contributed by atoms with Crippen LogP contribution in [0.25, 0.3) is 0 Å². The number of nitrogens with one attached hydrogen (secondary N) is 1. The van der Waals surface area contributed by atoms with E-state index in [9.17, 15) is 4.79 Å². The molecule has 0 radical (unpaired) electrons. The van der Waals surface area contributed by atoms with Crippen molar-refractivity contribution in [2.45, 2.75) is 39.2 Å². The van der Waals surface area contributed by atoms with Gasteiger partial charge in [0.15, 0.2) is 0 Å². The van der Waals surface area contributed by atoms with Gasteiger partial charge in [0.25, 0.3) is 0 Å². The number of ether oxygens (including phenoxy) is 2. The number of allylic oxidation sites excluding steroid dienone is 2. The molecule has 1 fully saturated rings. The molecule has 4 nitrogen and oxygen atoms in total. The van der Waals surface area contributed by atoms with Gasteiger partial charge in [-0.05, 0) is 43.7 Å². The van der Waals surface area contributed by atoms with Gasteiger partial charge >= 0.3 is 0 Å². The third kappa shape index (κ3) is 4.84. The zero-order valence-electron chi connectivity index (χ0n) is 14.4. The highest BCUT2D eigenvalue weighted by Gasteiger charge is 2.18. The SMILES string of the molecule is Cc1ccc(CNC(=O)C[C@@H]2C=CCC2)c(OC[C@@H]2CCOC2)c1. The van der Waals surface area contributed by atoms with Crippen LogP contribution in [0.1, 0.15) is 36.8 Å². The fourth-order valence-electron chi connectivity index (χ4n) is 3.23. The molecular weight excluding hydrogens is 302 g/mol. The van der Waals surface area contributed by atoms with E-state index in [2.05, 4.69) is 36.5 Å². The summed E-state index contributed by atoms with van der Waals surface area (Å²) in [7, 11) is 0. The maximum atomic E-state index is 12.1.